The van der Waals surface area contributed by atoms with Gasteiger partial charge in [0.2, 0.25) is 0 Å². The molecule has 0 saturated carbocycles. The van der Waals surface area contributed by atoms with E-state index in [4.69, 9.17) is 5.90 Å². The van der Waals surface area contributed by atoms with Crippen molar-refractivity contribution in [2.75, 3.05) is 0 Å². The smallest absolute Gasteiger partial charge is 0.0955 e. The van der Waals surface area contributed by atoms with Gasteiger partial charge in [0.25, 0.3) is 0 Å². The summed E-state index contributed by atoms with van der Waals surface area (Å²) in [5, 5.41) is 0. The standard InChI is InChI=1S/C9H11N3O/c1-12-6-11-9-7(5-13-10)3-2-4-8(9)12/h2-4,6H,5,10H2,1H3. The van der Waals surface area contributed by atoms with Gasteiger partial charge in [-0.2, -0.15) is 0 Å². The molecule has 0 spiro atoms. The first-order valence-electron chi connectivity index (χ1n) is 4.03. The molecule has 0 aliphatic rings. The number of hydrogen-bond donors (Lipinski definition) is 1. The number of aryl methyl sites for hydroxylation is 1. The minimum absolute atomic E-state index is 0.397. The number of benzene rings is 1. The minimum Gasteiger partial charge on any atom is -0.334 e. The Morgan fingerprint density at radius 3 is 3.15 bits per heavy atom. The molecule has 0 saturated heterocycles. The normalized spacial score (nSPS) is 10.9. The van der Waals surface area contributed by atoms with Crippen molar-refractivity contribution in [3.05, 3.63) is 30.1 Å². The fraction of sp³-hybridized carbons (Fsp3) is 0.222. The molecule has 1 aromatic carbocycles. The van der Waals surface area contributed by atoms with E-state index in [0.29, 0.717) is 6.61 Å². The van der Waals surface area contributed by atoms with Crippen LogP contribution < -0.4 is 5.90 Å². The summed E-state index contributed by atoms with van der Waals surface area (Å²) in [7, 11) is 1.96. The van der Waals surface area contributed by atoms with E-state index in [1.165, 1.54) is 0 Å². The van der Waals surface area contributed by atoms with E-state index in [9.17, 15) is 0 Å². The molecule has 2 rings (SSSR count). The zero-order valence-corrected chi connectivity index (χ0v) is 7.40. The lowest BCUT2D eigenvalue weighted by atomic mass is 10.2. The summed E-state index contributed by atoms with van der Waals surface area (Å²) in [6, 6.07) is 5.95. The van der Waals surface area contributed by atoms with Gasteiger partial charge < -0.3 is 4.57 Å². The topological polar surface area (TPSA) is 53.1 Å². The highest BCUT2D eigenvalue weighted by Crippen LogP contribution is 2.16. The fourth-order valence-corrected chi connectivity index (χ4v) is 1.42. The van der Waals surface area contributed by atoms with Gasteiger partial charge in [0.1, 0.15) is 0 Å². The molecule has 0 fully saturated rings. The van der Waals surface area contributed by atoms with Crippen LogP contribution >= 0.6 is 0 Å². The van der Waals surface area contributed by atoms with Crippen LogP contribution in [-0.2, 0) is 18.5 Å². The minimum atomic E-state index is 0.397. The van der Waals surface area contributed by atoms with Gasteiger partial charge in [-0.05, 0) is 6.07 Å². The first-order valence-corrected chi connectivity index (χ1v) is 4.03. The molecule has 68 valence electrons. The molecule has 1 heterocycles. The number of imidazole rings is 1. The van der Waals surface area contributed by atoms with Crippen molar-refractivity contribution in [1.82, 2.24) is 9.55 Å². The summed E-state index contributed by atoms with van der Waals surface area (Å²) >= 11 is 0. The Hall–Kier alpha value is -1.39. The second-order valence-electron chi connectivity index (χ2n) is 2.95. The molecule has 13 heavy (non-hydrogen) atoms. The number of aromatic nitrogens is 2. The van der Waals surface area contributed by atoms with Crippen molar-refractivity contribution in [2.45, 2.75) is 6.61 Å². The molecule has 0 aliphatic heterocycles. The number of rotatable bonds is 2. The van der Waals surface area contributed by atoms with Crippen LogP contribution in [0.1, 0.15) is 5.56 Å². The van der Waals surface area contributed by atoms with Crippen LogP contribution in [0.2, 0.25) is 0 Å². The first kappa shape index (κ1) is 8.22. The molecular weight excluding hydrogens is 166 g/mol. The summed E-state index contributed by atoms with van der Waals surface area (Å²) in [5.41, 5.74) is 3.06. The monoisotopic (exact) mass is 177 g/mol. The Morgan fingerprint density at radius 1 is 1.54 bits per heavy atom. The molecular formula is C9H11N3O. The third kappa shape index (κ3) is 1.30. The van der Waals surface area contributed by atoms with Gasteiger partial charge in [-0.3, -0.25) is 4.84 Å². The van der Waals surface area contributed by atoms with Crippen molar-refractivity contribution in [1.29, 1.82) is 0 Å². The molecule has 0 unspecified atom stereocenters. The Labute approximate surface area is 75.9 Å². The van der Waals surface area contributed by atoms with Gasteiger partial charge >= 0.3 is 0 Å². The third-order valence-electron chi connectivity index (χ3n) is 2.08. The van der Waals surface area contributed by atoms with Crippen molar-refractivity contribution >= 4 is 11.0 Å². The average molecular weight is 177 g/mol. The predicted molar refractivity (Wildman–Crippen MR) is 49.7 cm³/mol. The summed E-state index contributed by atoms with van der Waals surface area (Å²) in [4.78, 5) is 8.86. The van der Waals surface area contributed by atoms with Crippen LogP contribution in [0.4, 0.5) is 0 Å². The predicted octanol–water partition coefficient (Wildman–Crippen LogP) is 0.964. The highest BCUT2D eigenvalue weighted by molar-refractivity contribution is 5.78. The molecule has 4 heteroatoms. The van der Waals surface area contributed by atoms with Crippen molar-refractivity contribution in [3.8, 4) is 0 Å². The lowest BCUT2D eigenvalue weighted by Crippen LogP contribution is -1.99. The fourth-order valence-electron chi connectivity index (χ4n) is 1.42. The summed E-state index contributed by atoms with van der Waals surface area (Å²) in [5.74, 6) is 5.02. The lowest BCUT2D eigenvalue weighted by Gasteiger charge is -2.00. The molecule has 0 atom stereocenters. The van der Waals surface area contributed by atoms with Gasteiger partial charge in [-0.1, -0.05) is 12.1 Å². The molecule has 1 aromatic heterocycles. The highest BCUT2D eigenvalue weighted by Gasteiger charge is 2.03. The van der Waals surface area contributed by atoms with E-state index in [2.05, 4.69) is 9.82 Å². The number of hydrogen-bond acceptors (Lipinski definition) is 3. The van der Waals surface area contributed by atoms with Crippen LogP contribution in [-0.4, -0.2) is 9.55 Å². The first-order chi connectivity index (χ1) is 6.33. The van der Waals surface area contributed by atoms with Gasteiger partial charge in [0, 0.05) is 12.6 Å². The Bertz CT molecular complexity index is 422. The van der Waals surface area contributed by atoms with E-state index in [0.717, 1.165) is 16.6 Å². The summed E-state index contributed by atoms with van der Waals surface area (Å²) in [6.45, 7) is 0.397. The highest BCUT2D eigenvalue weighted by atomic mass is 16.6. The van der Waals surface area contributed by atoms with Crippen molar-refractivity contribution in [2.24, 2.45) is 12.9 Å². The van der Waals surface area contributed by atoms with Crippen LogP contribution in [0.25, 0.3) is 11.0 Å². The van der Waals surface area contributed by atoms with Crippen molar-refractivity contribution < 1.29 is 4.84 Å². The maximum absolute atomic E-state index is 5.02. The van der Waals surface area contributed by atoms with Gasteiger partial charge in [0.05, 0.1) is 24.0 Å². The average Bonchev–Trinajstić information content (AvgIpc) is 2.50. The number of nitrogens with zero attached hydrogens (tertiary/aromatic N) is 2. The maximum Gasteiger partial charge on any atom is 0.0955 e. The SMILES string of the molecule is Cn1cnc2c(CON)cccc21. The Morgan fingerprint density at radius 2 is 2.38 bits per heavy atom. The lowest BCUT2D eigenvalue weighted by molar-refractivity contribution is 0.125. The number of fused-ring (bicyclic) bond motifs is 1. The zero-order chi connectivity index (χ0) is 9.26. The van der Waals surface area contributed by atoms with E-state index in [1.807, 2.05) is 29.8 Å². The van der Waals surface area contributed by atoms with Gasteiger partial charge in [-0.25, -0.2) is 10.9 Å². The molecule has 2 N–H and O–H groups in total. The molecule has 0 amide bonds. The van der Waals surface area contributed by atoms with Gasteiger partial charge in [0.15, 0.2) is 0 Å². The molecule has 4 nitrogen and oxygen atoms in total. The van der Waals surface area contributed by atoms with Crippen molar-refractivity contribution in [3.63, 3.8) is 0 Å². The largest absolute Gasteiger partial charge is 0.334 e. The third-order valence-corrected chi connectivity index (χ3v) is 2.08. The number of nitrogens with two attached hydrogens (primary N) is 1. The Kier molecular flexibility index (Phi) is 2.00. The molecule has 0 aliphatic carbocycles. The summed E-state index contributed by atoms with van der Waals surface area (Å²) in [6.07, 6.45) is 1.78. The second-order valence-corrected chi connectivity index (χ2v) is 2.95. The zero-order valence-electron chi connectivity index (χ0n) is 7.40. The van der Waals surface area contributed by atoms with E-state index >= 15 is 0 Å². The van der Waals surface area contributed by atoms with Crippen LogP contribution in [0.3, 0.4) is 0 Å². The molecule has 0 radical (unpaired) electrons. The van der Waals surface area contributed by atoms with Crippen LogP contribution in [0.15, 0.2) is 24.5 Å². The maximum atomic E-state index is 5.02. The Balaban J connectivity index is 2.63. The van der Waals surface area contributed by atoms with Crippen LogP contribution in [0, 0.1) is 0 Å². The second kappa shape index (κ2) is 3.16. The molecule has 0 bridgehead atoms. The van der Waals surface area contributed by atoms with Gasteiger partial charge in [-0.15, -0.1) is 0 Å². The van der Waals surface area contributed by atoms with E-state index in [1.54, 1.807) is 6.33 Å². The number of para-hydroxylation sites is 1. The van der Waals surface area contributed by atoms with Crippen LogP contribution in [0.5, 0.6) is 0 Å². The van der Waals surface area contributed by atoms with E-state index in [-0.39, 0.29) is 0 Å². The summed E-state index contributed by atoms with van der Waals surface area (Å²) < 4.78 is 1.97. The molecule has 2 aromatic rings. The quantitative estimate of drug-likeness (QED) is 0.695. The van der Waals surface area contributed by atoms with E-state index < -0.39 is 0 Å².